The number of anilines is 1. The Hall–Kier alpha value is -2.15. The van der Waals surface area contributed by atoms with Gasteiger partial charge in [0.1, 0.15) is 6.10 Å². The Bertz CT molecular complexity index is 682. The molecule has 0 aromatic carbocycles. The van der Waals surface area contributed by atoms with Crippen LogP contribution in [0, 0.1) is 0 Å². The number of carbonyl (C=O) groups is 1. The van der Waals surface area contributed by atoms with Crippen LogP contribution in [0.4, 0.5) is 5.13 Å². The molecule has 1 aliphatic carbocycles. The van der Waals surface area contributed by atoms with Crippen LogP contribution in [0.3, 0.4) is 0 Å². The smallest absolute Gasteiger partial charge is 0.257 e. The van der Waals surface area contributed by atoms with Crippen LogP contribution >= 0.6 is 11.3 Å². The molecule has 3 rings (SSSR count). The van der Waals surface area contributed by atoms with E-state index in [1.165, 1.54) is 24.2 Å². The molecule has 1 fully saturated rings. The molecule has 6 nitrogen and oxygen atoms in total. The third-order valence-electron chi connectivity index (χ3n) is 3.64. The monoisotopic (exact) mass is 347 g/mol. The van der Waals surface area contributed by atoms with Crippen molar-refractivity contribution in [2.75, 3.05) is 5.32 Å². The predicted octanol–water partition coefficient (Wildman–Crippen LogP) is 3.90. The first-order valence-corrected chi connectivity index (χ1v) is 9.04. The first-order chi connectivity index (χ1) is 11.6. The van der Waals surface area contributed by atoms with Crippen LogP contribution in [-0.2, 0) is 0 Å². The van der Waals surface area contributed by atoms with Gasteiger partial charge in [-0.2, -0.15) is 4.98 Å². The Balaban J connectivity index is 1.81. The average molecular weight is 347 g/mol. The Morgan fingerprint density at radius 3 is 2.71 bits per heavy atom. The van der Waals surface area contributed by atoms with Crippen molar-refractivity contribution in [3.8, 4) is 11.8 Å². The van der Waals surface area contributed by atoms with Crippen LogP contribution < -0.4 is 14.8 Å². The fraction of sp³-hybridized carbons (Fsp3) is 0.471. The molecule has 0 aliphatic heterocycles. The lowest BCUT2D eigenvalue weighted by atomic mass is 10.2. The minimum absolute atomic E-state index is 0.0332. The van der Waals surface area contributed by atoms with Crippen LogP contribution in [0.15, 0.2) is 23.7 Å². The summed E-state index contributed by atoms with van der Waals surface area (Å²) in [7, 11) is 0. The number of thiazole rings is 1. The second kappa shape index (κ2) is 7.61. The molecule has 7 heteroatoms. The molecule has 0 radical (unpaired) electrons. The molecule has 0 bridgehead atoms. The second-order valence-electron chi connectivity index (χ2n) is 6.01. The first kappa shape index (κ1) is 16.7. The Morgan fingerprint density at radius 2 is 2.04 bits per heavy atom. The summed E-state index contributed by atoms with van der Waals surface area (Å²) < 4.78 is 11.6. The molecule has 1 N–H and O–H groups in total. The van der Waals surface area contributed by atoms with Crippen molar-refractivity contribution >= 4 is 22.4 Å². The van der Waals surface area contributed by atoms with E-state index in [4.69, 9.17) is 9.47 Å². The standard InChI is InChI=1S/C17H21N3O3S/c1-11(2)22-14-9-12(16(21)20-17-18-7-8-24-17)10-15(19-14)23-13-5-3-4-6-13/h7-11,13H,3-6H2,1-2H3,(H,18,20,21). The van der Waals surface area contributed by atoms with Gasteiger partial charge >= 0.3 is 0 Å². The Morgan fingerprint density at radius 1 is 1.29 bits per heavy atom. The fourth-order valence-electron chi connectivity index (χ4n) is 2.61. The molecular formula is C17H21N3O3S. The van der Waals surface area contributed by atoms with E-state index in [9.17, 15) is 4.79 Å². The molecule has 1 saturated carbocycles. The van der Waals surface area contributed by atoms with Crippen LogP contribution in [0.5, 0.6) is 11.8 Å². The van der Waals surface area contributed by atoms with Gasteiger partial charge in [0.15, 0.2) is 5.13 Å². The SMILES string of the molecule is CC(C)Oc1cc(C(=O)Nc2nccs2)cc(OC2CCCC2)n1. The Labute approximate surface area is 145 Å². The lowest BCUT2D eigenvalue weighted by molar-refractivity contribution is 0.102. The van der Waals surface area contributed by atoms with Gasteiger partial charge in [-0.1, -0.05) is 0 Å². The third-order valence-corrected chi connectivity index (χ3v) is 4.33. The van der Waals surface area contributed by atoms with Gasteiger partial charge in [-0.3, -0.25) is 10.1 Å². The first-order valence-electron chi connectivity index (χ1n) is 8.16. The number of carbonyl (C=O) groups excluding carboxylic acids is 1. The molecule has 24 heavy (non-hydrogen) atoms. The molecule has 0 atom stereocenters. The van der Waals surface area contributed by atoms with Gasteiger partial charge in [0.2, 0.25) is 11.8 Å². The van der Waals surface area contributed by atoms with E-state index in [0.717, 1.165) is 12.8 Å². The number of pyridine rings is 1. The molecule has 2 aromatic heterocycles. The topological polar surface area (TPSA) is 73.3 Å². The summed E-state index contributed by atoms with van der Waals surface area (Å²) in [5, 5.41) is 5.14. The minimum atomic E-state index is -0.253. The average Bonchev–Trinajstić information content (AvgIpc) is 3.20. The highest BCUT2D eigenvalue weighted by atomic mass is 32.1. The molecule has 2 heterocycles. The fourth-order valence-corrected chi connectivity index (χ4v) is 3.13. The predicted molar refractivity (Wildman–Crippen MR) is 93.0 cm³/mol. The summed E-state index contributed by atoms with van der Waals surface area (Å²) in [6.45, 7) is 3.84. The van der Waals surface area contributed by atoms with Crippen molar-refractivity contribution in [3.63, 3.8) is 0 Å². The zero-order valence-electron chi connectivity index (χ0n) is 13.8. The molecule has 0 saturated heterocycles. The normalized spacial score (nSPS) is 14.8. The van der Waals surface area contributed by atoms with Gasteiger partial charge in [0.25, 0.3) is 5.91 Å². The highest BCUT2D eigenvalue weighted by molar-refractivity contribution is 7.13. The molecule has 128 valence electrons. The second-order valence-corrected chi connectivity index (χ2v) is 6.91. The van der Waals surface area contributed by atoms with Crippen LogP contribution in [0.1, 0.15) is 49.9 Å². The molecular weight excluding hydrogens is 326 g/mol. The van der Waals surface area contributed by atoms with Crippen molar-refractivity contribution in [2.45, 2.75) is 51.7 Å². The van der Waals surface area contributed by atoms with E-state index in [1.54, 1.807) is 18.3 Å². The Kier molecular flexibility index (Phi) is 5.30. The van der Waals surface area contributed by atoms with Gasteiger partial charge in [0, 0.05) is 23.7 Å². The highest BCUT2D eigenvalue weighted by Gasteiger charge is 2.19. The number of amides is 1. The van der Waals surface area contributed by atoms with Gasteiger partial charge < -0.3 is 9.47 Å². The van der Waals surface area contributed by atoms with Crippen molar-refractivity contribution in [1.29, 1.82) is 0 Å². The maximum atomic E-state index is 12.5. The van der Waals surface area contributed by atoms with Crippen LogP contribution in [0.2, 0.25) is 0 Å². The zero-order valence-corrected chi connectivity index (χ0v) is 14.6. The van der Waals surface area contributed by atoms with Gasteiger partial charge in [-0.05, 0) is 39.5 Å². The molecule has 1 aliphatic rings. The summed E-state index contributed by atoms with van der Waals surface area (Å²) in [6.07, 6.45) is 6.18. The zero-order chi connectivity index (χ0) is 16.9. The number of nitrogens with one attached hydrogen (secondary N) is 1. The van der Waals surface area contributed by atoms with E-state index in [1.807, 2.05) is 19.2 Å². The quantitative estimate of drug-likeness (QED) is 0.858. The number of rotatable bonds is 6. The van der Waals surface area contributed by atoms with E-state index in [2.05, 4.69) is 15.3 Å². The maximum absolute atomic E-state index is 12.5. The van der Waals surface area contributed by atoms with Crippen LogP contribution in [-0.4, -0.2) is 28.1 Å². The number of hydrogen-bond donors (Lipinski definition) is 1. The van der Waals surface area contributed by atoms with E-state index in [0.29, 0.717) is 22.5 Å². The third kappa shape index (κ3) is 4.44. The lowest BCUT2D eigenvalue weighted by Gasteiger charge is -2.15. The van der Waals surface area contributed by atoms with Gasteiger partial charge in [-0.15, -0.1) is 11.3 Å². The van der Waals surface area contributed by atoms with E-state index in [-0.39, 0.29) is 18.1 Å². The number of nitrogens with zero attached hydrogens (tertiary/aromatic N) is 2. The molecule has 1 amide bonds. The number of ether oxygens (including phenoxy) is 2. The van der Waals surface area contributed by atoms with Crippen molar-refractivity contribution in [1.82, 2.24) is 9.97 Å². The lowest BCUT2D eigenvalue weighted by Crippen LogP contribution is -2.16. The van der Waals surface area contributed by atoms with E-state index >= 15 is 0 Å². The summed E-state index contributed by atoms with van der Waals surface area (Å²) >= 11 is 1.37. The summed E-state index contributed by atoms with van der Waals surface area (Å²) in [5.74, 6) is 0.575. The molecule has 2 aromatic rings. The largest absolute Gasteiger partial charge is 0.475 e. The summed E-state index contributed by atoms with van der Waals surface area (Å²) in [6, 6.07) is 3.29. The van der Waals surface area contributed by atoms with Gasteiger partial charge in [0.05, 0.1) is 11.7 Å². The van der Waals surface area contributed by atoms with Crippen LogP contribution in [0.25, 0.3) is 0 Å². The van der Waals surface area contributed by atoms with Crippen molar-refractivity contribution in [3.05, 3.63) is 29.3 Å². The minimum Gasteiger partial charge on any atom is -0.475 e. The van der Waals surface area contributed by atoms with Crippen molar-refractivity contribution < 1.29 is 14.3 Å². The van der Waals surface area contributed by atoms with Gasteiger partial charge in [-0.25, -0.2) is 4.98 Å². The molecule has 0 unspecified atom stereocenters. The maximum Gasteiger partial charge on any atom is 0.257 e. The summed E-state index contributed by atoms with van der Waals surface area (Å²) in [4.78, 5) is 20.9. The number of aromatic nitrogens is 2. The molecule has 0 spiro atoms. The highest BCUT2D eigenvalue weighted by Crippen LogP contribution is 2.26. The van der Waals surface area contributed by atoms with Crippen molar-refractivity contribution in [2.24, 2.45) is 0 Å². The van der Waals surface area contributed by atoms with E-state index < -0.39 is 0 Å². The number of hydrogen-bond acceptors (Lipinski definition) is 6. The summed E-state index contributed by atoms with van der Waals surface area (Å²) in [5.41, 5.74) is 0.448.